The van der Waals surface area contributed by atoms with Crippen LogP contribution in [0.1, 0.15) is 32.1 Å². The summed E-state index contributed by atoms with van der Waals surface area (Å²) in [5.74, 6) is 1.08. The van der Waals surface area contributed by atoms with Crippen LogP contribution in [0.15, 0.2) is 24.3 Å². The monoisotopic (exact) mass is 329 g/mol. The highest BCUT2D eigenvalue weighted by Crippen LogP contribution is 2.23. The minimum Gasteiger partial charge on any atom is -0.484 e. The third-order valence-corrected chi connectivity index (χ3v) is 4.22. The van der Waals surface area contributed by atoms with Crippen LogP contribution in [0.3, 0.4) is 0 Å². The molecule has 0 unspecified atom stereocenters. The lowest BCUT2D eigenvalue weighted by atomic mass is 9.94. The second kappa shape index (κ2) is 8.50. The van der Waals surface area contributed by atoms with Gasteiger partial charge in [-0.1, -0.05) is 36.9 Å². The van der Waals surface area contributed by atoms with Crippen molar-refractivity contribution in [3.8, 4) is 5.75 Å². The Morgan fingerprint density at radius 3 is 2.71 bits per heavy atom. The van der Waals surface area contributed by atoms with E-state index in [1.165, 1.54) is 19.3 Å². The molecule has 1 aromatic rings. The van der Waals surface area contributed by atoms with Gasteiger partial charge in [0.05, 0.1) is 0 Å². The van der Waals surface area contributed by atoms with E-state index in [1.54, 1.807) is 24.3 Å². The standard InChI is InChI=1S/C16H21Cl2NO2/c17-9-10-19(14-6-2-1-3-7-14)16(20)12-21-15-8-4-5-13(18)11-15/h4-5,8,11,14H,1-3,6-7,9-10,12H2. The Morgan fingerprint density at radius 2 is 2.05 bits per heavy atom. The first-order valence-corrected chi connectivity index (χ1v) is 8.36. The molecule has 0 spiro atoms. The normalized spacial score (nSPS) is 15.7. The zero-order chi connectivity index (χ0) is 15.1. The highest BCUT2D eigenvalue weighted by Gasteiger charge is 2.25. The SMILES string of the molecule is O=C(COc1cccc(Cl)c1)N(CCCl)C1CCCCC1. The van der Waals surface area contributed by atoms with Crippen molar-refractivity contribution in [2.24, 2.45) is 0 Å². The molecule has 3 nitrogen and oxygen atoms in total. The predicted octanol–water partition coefficient (Wildman–Crippen LogP) is 4.12. The number of carbonyl (C=O) groups is 1. The van der Waals surface area contributed by atoms with Gasteiger partial charge < -0.3 is 9.64 Å². The number of benzene rings is 1. The van der Waals surface area contributed by atoms with Gasteiger partial charge in [0.2, 0.25) is 0 Å². The molecule has 0 aromatic heterocycles. The molecule has 21 heavy (non-hydrogen) atoms. The minimum absolute atomic E-state index is 0.00234. The van der Waals surface area contributed by atoms with E-state index in [-0.39, 0.29) is 12.5 Å². The molecular weight excluding hydrogens is 309 g/mol. The van der Waals surface area contributed by atoms with Gasteiger partial charge in [-0.2, -0.15) is 0 Å². The zero-order valence-corrected chi connectivity index (χ0v) is 13.6. The summed E-state index contributed by atoms with van der Waals surface area (Å²) < 4.78 is 5.55. The minimum atomic E-state index is 0.00234. The number of halogens is 2. The van der Waals surface area contributed by atoms with Gasteiger partial charge >= 0.3 is 0 Å². The molecule has 0 N–H and O–H groups in total. The summed E-state index contributed by atoms with van der Waals surface area (Å²) in [5.41, 5.74) is 0. The first kappa shape index (κ1) is 16.4. The molecule has 2 rings (SSSR count). The molecule has 0 aliphatic heterocycles. The molecule has 0 radical (unpaired) electrons. The van der Waals surface area contributed by atoms with Crippen LogP contribution >= 0.6 is 23.2 Å². The molecule has 1 aliphatic rings. The Bertz CT molecular complexity index is 461. The number of rotatable bonds is 6. The van der Waals surface area contributed by atoms with Gasteiger partial charge in [-0.05, 0) is 31.0 Å². The summed E-state index contributed by atoms with van der Waals surface area (Å²) in [4.78, 5) is 14.3. The maximum absolute atomic E-state index is 12.4. The predicted molar refractivity (Wildman–Crippen MR) is 86.3 cm³/mol. The summed E-state index contributed by atoms with van der Waals surface area (Å²) in [5, 5.41) is 0.602. The quantitative estimate of drug-likeness (QED) is 0.735. The van der Waals surface area contributed by atoms with Crippen molar-refractivity contribution in [2.75, 3.05) is 19.0 Å². The Labute approximate surface area is 136 Å². The number of ether oxygens (including phenoxy) is 1. The van der Waals surface area contributed by atoms with E-state index in [0.717, 1.165) is 12.8 Å². The molecule has 0 heterocycles. The number of carbonyl (C=O) groups excluding carboxylic acids is 1. The van der Waals surface area contributed by atoms with E-state index in [4.69, 9.17) is 27.9 Å². The second-order valence-corrected chi connectivity index (χ2v) is 6.13. The zero-order valence-electron chi connectivity index (χ0n) is 12.1. The van der Waals surface area contributed by atoms with Crippen molar-refractivity contribution in [2.45, 2.75) is 38.1 Å². The van der Waals surface area contributed by atoms with Gasteiger partial charge in [-0.3, -0.25) is 4.79 Å². The molecular formula is C16H21Cl2NO2. The fraction of sp³-hybridized carbons (Fsp3) is 0.562. The summed E-state index contributed by atoms with van der Waals surface area (Å²) in [6, 6.07) is 7.40. The molecule has 1 aromatic carbocycles. The molecule has 1 fully saturated rings. The molecule has 116 valence electrons. The van der Waals surface area contributed by atoms with Crippen LogP contribution in [-0.2, 0) is 4.79 Å². The van der Waals surface area contributed by atoms with Crippen LogP contribution in [-0.4, -0.2) is 35.9 Å². The van der Waals surface area contributed by atoms with Crippen molar-refractivity contribution < 1.29 is 9.53 Å². The lowest BCUT2D eigenvalue weighted by Crippen LogP contribution is -2.44. The summed E-state index contributed by atoms with van der Waals surface area (Å²) >= 11 is 11.7. The van der Waals surface area contributed by atoms with Crippen molar-refractivity contribution in [1.82, 2.24) is 4.90 Å². The van der Waals surface area contributed by atoms with Gasteiger partial charge in [0.25, 0.3) is 5.91 Å². The Balaban J connectivity index is 1.91. The average molecular weight is 330 g/mol. The summed E-state index contributed by atoms with van der Waals surface area (Å²) in [7, 11) is 0. The Hall–Kier alpha value is -0.930. The van der Waals surface area contributed by atoms with E-state index in [1.807, 2.05) is 4.90 Å². The highest BCUT2D eigenvalue weighted by atomic mass is 35.5. The molecule has 5 heteroatoms. The van der Waals surface area contributed by atoms with Gasteiger partial charge in [-0.15, -0.1) is 11.6 Å². The van der Waals surface area contributed by atoms with Crippen LogP contribution in [0.5, 0.6) is 5.75 Å². The van der Waals surface area contributed by atoms with Crippen LogP contribution in [0.25, 0.3) is 0 Å². The number of amides is 1. The van der Waals surface area contributed by atoms with Gasteiger partial charge in [0.1, 0.15) is 5.75 Å². The number of hydrogen-bond acceptors (Lipinski definition) is 2. The van der Waals surface area contributed by atoms with Crippen molar-refractivity contribution in [1.29, 1.82) is 0 Å². The fourth-order valence-electron chi connectivity index (χ4n) is 2.78. The first-order valence-electron chi connectivity index (χ1n) is 7.44. The van der Waals surface area contributed by atoms with Crippen LogP contribution in [0.2, 0.25) is 5.02 Å². The van der Waals surface area contributed by atoms with E-state index in [9.17, 15) is 4.79 Å². The smallest absolute Gasteiger partial charge is 0.260 e. The third-order valence-electron chi connectivity index (χ3n) is 3.82. The lowest BCUT2D eigenvalue weighted by Gasteiger charge is -2.34. The maximum atomic E-state index is 12.4. The fourth-order valence-corrected chi connectivity index (χ4v) is 3.14. The largest absolute Gasteiger partial charge is 0.484 e. The van der Waals surface area contributed by atoms with E-state index in [0.29, 0.717) is 29.2 Å². The van der Waals surface area contributed by atoms with E-state index >= 15 is 0 Å². The summed E-state index contributed by atoms with van der Waals surface area (Å²) in [6.07, 6.45) is 5.77. The molecule has 1 saturated carbocycles. The second-order valence-electron chi connectivity index (χ2n) is 5.31. The molecule has 1 amide bonds. The van der Waals surface area contributed by atoms with E-state index < -0.39 is 0 Å². The van der Waals surface area contributed by atoms with Gasteiger partial charge in [0.15, 0.2) is 6.61 Å². The third kappa shape index (κ3) is 5.08. The number of alkyl halides is 1. The van der Waals surface area contributed by atoms with Crippen molar-refractivity contribution >= 4 is 29.1 Å². The summed E-state index contributed by atoms with van der Waals surface area (Å²) in [6.45, 7) is 0.623. The van der Waals surface area contributed by atoms with E-state index in [2.05, 4.69) is 0 Å². The average Bonchev–Trinajstić information content (AvgIpc) is 2.51. The Morgan fingerprint density at radius 1 is 1.29 bits per heavy atom. The highest BCUT2D eigenvalue weighted by molar-refractivity contribution is 6.30. The number of hydrogen-bond donors (Lipinski definition) is 0. The molecule has 0 saturated heterocycles. The van der Waals surface area contributed by atoms with Crippen LogP contribution in [0.4, 0.5) is 0 Å². The van der Waals surface area contributed by atoms with Crippen molar-refractivity contribution in [3.05, 3.63) is 29.3 Å². The Kier molecular flexibility index (Phi) is 6.65. The number of nitrogens with zero attached hydrogens (tertiary/aromatic N) is 1. The van der Waals surface area contributed by atoms with Gasteiger partial charge in [-0.25, -0.2) is 0 Å². The van der Waals surface area contributed by atoms with Crippen LogP contribution in [0, 0.1) is 0 Å². The van der Waals surface area contributed by atoms with Gasteiger partial charge in [0, 0.05) is 23.5 Å². The first-order chi connectivity index (χ1) is 10.2. The lowest BCUT2D eigenvalue weighted by molar-refractivity contribution is -0.136. The van der Waals surface area contributed by atoms with Crippen molar-refractivity contribution in [3.63, 3.8) is 0 Å². The topological polar surface area (TPSA) is 29.5 Å². The molecule has 0 bridgehead atoms. The molecule has 1 aliphatic carbocycles. The van der Waals surface area contributed by atoms with Crippen LogP contribution < -0.4 is 4.74 Å². The molecule has 0 atom stereocenters. The maximum Gasteiger partial charge on any atom is 0.260 e.